The van der Waals surface area contributed by atoms with Crippen molar-refractivity contribution >= 4 is 23.5 Å². The second-order valence-electron chi connectivity index (χ2n) is 5.88. The number of rotatable bonds is 7. The molecule has 0 aliphatic rings. The Balaban J connectivity index is 1.65. The van der Waals surface area contributed by atoms with E-state index >= 15 is 0 Å². The molecular formula is C22H19ClO4. The van der Waals surface area contributed by atoms with Gasteiger partial charge in [-0.2, -0.15) is 0 Å². The van der Waals surface area contributed by atoms with Gasteiger partial charge in [0.05, 0.1) is 17.7 Å². The van der Waals surface area contributed by atoms with Crippen LogP contribution in [0.5, 0.6) is 11.5 Å². The van der Waals surface area contributed by atoms with Crippen LogP contribution in [-0.2, 0) is 6.61 Å². The van der Waals surface area contributed by atoms with Crippen LogP contribution < -0.4 is 9.47 Å². The average molecular weight is 383 g/mol. The van der Waals surface area contributed by atoms with E-state index in [1.165, 1.54) is 13.2 Å². The lowest BCUT2D eigenvalue weighted by Gasteiger charge is -2.09. The number of hydrogen-bond donors (Lipinski definition) is 0. The van der Waals surface area contributed by atoms with E-state index < -0.39 is 0 Å². The summed E-state index contributed by atoms with van der Waals surface area (Å²) in [7, 11) is 1.54. The maximum atomic E-state index is 12.3. The fourth-order valence-corrected chi connectivity index (χ4v) is 2.88. The van der Waals surface area contributed by atoms with Crippen molar-refractivity contribution in [3.05, 3.63) is 88.3 Å². The first-order valence-corrected chi connectivity index (χ1v) is 8.78. The predicted molar refractivity (Wildman–Crippen MR) is 106 cm³/mol. The highest BCUT2D eigenvalue weighted by molar-refractivity contribution is 6.32. The monoisotopic (exact) mass is 382 g/mol. The van der Waals surface area contributed by atoms with Gasteiger partial charge >= 0.3 is 0 Å². The van der Waals surface area contributed by atoms with Crippen LogP contribution in [0.2, 0.25) is 5.02 Å². The number of benzene rings is 2. The Labute approximate surface area is 163 Å². The van der Waals surface area contributed by atoms with Crippen LogP contribution in [0.15, 0.2) is 65.1 Å². The molecule has 0 aliphatic heterocycles. The summed E-state index contributed by atoms with van der Waals surface area (Å²) >= 11 is 6.15. The summed E-state index contributed by atoms with van der Waals surface area (Å²) in [4.78, 5) is 12.3. The Morgan fingerprint density at radius 2 is 1.93 bits per heavy atom. The molecule has 0 aliphatic carbocycles. The van der Waals surface area contributed by atoms with E-state index in [0.29, 0.717) is 33.6 Å². The molecule has 0 saturated carbocycles. The summed E-state index contributed by atoms with van der Waals surface area (Å²) in [5.41, 5.74) is 1.46. The molecule has 5 heteroatoms. The first-order valence-electron chi connectivity index (χ1n) is 8.40. The van der Waals surface area contributed by atoms with Crippen LogP contribution in [0.25, 0.3) is 6.08 Å². The molecule has 4 nitrogen and oxygen atoms in total. The molecule has 1 heterocycles. The van der Waals surface area contributed by atoms with Crippen LogP contribution in [0.4, 0.5) is 0 Å². The van der Waals surface area contributed by atoms with Crippen LogP contribution >= 0.6 is 11.6 Å². The minimum absolute atomic E-state index is 0.159. The highest BCUT2D eigenvalue weighted by atomic mass is 35.5. The van der Waals surface area contributed by atoms with Gasteiger partial charge in [0.15, 0.2) is 5.78 Å². The Morgan fingerprint density at radius 3 is 2.70 bits per heavy atom. The van der Waals surface area contributed by atoms with E-state index in [-0.39, 0.29) is 12.4 Å². The molecule has 0 N–H and O–H groups in total. The smallest absolute Gasteiger partial charge is 0.189 e. The van der Waals surface area contributed by atoms with Gasteiger partial charge in [0.25, 0.3) is 0 Å². The molecule has 0 unspecified atom stereocenters. The van der Waals surface area contributed by atoms with Gasteiger partial charge in [0.2, 0.25) is 0 Å². The number of carbonyl (C=O) groups excluding carboxylic acids is 1. The molecule has 0 bridgehead atoms. The van der Waals surface area contributed by atoms with Gasteiger partial charge in [-0.1, -0.05) is 35.9 Å². The Hall–Kier alpha value is -2.98. The van der Waals surface area contributed by atoms with E-state index in [9.17, 15) is 4.79 Å². The highest BCUT2D eigenvalue weighted by Crippen LogP contribution is 2.29. The minimum atomic E-state index is -0.159. The van der Waals surface area contributed by atoms with Crippen LogP contribution in [0.3, 0.4) is 0 Å². The molecule has 138 valence electrons. The number of methoxy groups -OCH3 is 1. The molecule has 0 fully saturated rings. The van der Waals surface area contributed by atoms with Gasteiger partial charge in [0.1, 0.15) is 29.6 Å². The van der Waals surface area contributed by atoms with Crippen molar-refractivity contribution in [2.45, 2.75) is 13.5 Å². The fraction of sp³-hybridized carbons (Fsp3) is 0.136. The molecule has 0 radical (unpaired) electrons. The minimum Gasteiger partial charge on any atom is -0.496 e. The first-order chi connectivity index (χ1) is 13.1. The number of hydrogen-bond acceptors (Lipinski definition) is 4. The van der Waals surface area contributed by atoms with Gasteiger partial charge in [-0.05, 0) is 55.0 Å². The summed E-state index contributed by atoms with van der Waals surface area (Å²) in [5, 5.41) is 0.559. The van der Waals surface area contributed by atoms with E-state index in [2.05, 4.69) is 0 Å². The van der Waals surface area contributed by atoms with Gasteiger partial charge in [-0.3, -0.25) is 4.79 Å². The van der Waals surface area contributed by atoms with E-state index in [0.717, 1.165) is 5.56 Å². The van der Waals surface area contributed by atoms with Crippen molar-refractivity contribution in [1.29, 1.82) is 0 Å². The van der Waals surface area contributed by atoms with Crippen molar-refractivity contribution < 1.29 is 18.7 Å². The number of halogens is 1. The zero-order chi connectivity index (χ0) is 19.2. The first kappa shape index (κ1) is 18.8. The zero-order valence-corrected chi connectivity index (χ0v) is 15.8. The normalized spacial score (nSPS) is 10.9. The molecule has 0 atom stereocenters. The Kier molecular flexibility index (Phi) is 5.99. The SMILES string of the molecule is COc1ccccc1C(=O)/C=C/c1ccc(COc2c(C)cccc2Cl)o1. The molecular weight excluding hydrogens is 364 g/mol. The third-order valence-electron chi connectivity index (χ3n) is 3.98. The second-order valence-corrected chi connectivity index (χ2v) is 6.28. The van der Waals surface area contributed by atoms with Crippen molar-refractivity contribution in [1.82, 2.24) is 0 Å². The van der Waals surface area contributed by atoms with Crippen LogP contribution in [0.1, 0.15) is 27.4 Å². The Morgan fingerprint density at radius 1 is 1.11 bits per heavy atom. The van der Waals surface area contributed by atoms with Gasteiger partial charge in [-0.25, -0.2) is 0 Å². The molecule has 2 aromatic carbocycles. The predicted octanol–water partition coefficient (Wildman–Crippen LogP) is 5.73. The number of aryl methyl sites for hydroxylation is 1. The molecule has 0 spiro atoms. The summed E-state index contributed by atoms with van der Waals surface area (Å²) in [6, 6.07) is 16.3. The third-order valence-corrected chi connectivity index (χ3v) is 4.27. The summed E-state index contributed by atoms with van der Waals surface area (Å²) in [5.74, 6) is 2.22. The van der Waals surface area contributed by atoms with Crippen molar-refractivity contribution in [3.63, 3.8) is 0 Å². The fourth-order valence-electron chi connectivity index (χ4n) is 2.60. The third kappa shape index (κ3) is 4.60. The Bertz CT molecular complexity index is 952. The molecule has 27 heavy (non-hydrogen) atoms. The van der Waals surface area contributed by atoms with E-state index in [1.54, 1.807) is 42.5 Å². The van der Waals surface area contributed by atoms with Crippen LogP contribution in [0, 0.1) is 6.92 Å². The van der Waals surface area contributed by atoms with Gasteiger partial charge < -0.3 is 13.9 Å². The molecule has 0 saturated heterocycles. The molecule has 1 aromatic heterocycles. The van der Waals surface area contributed by atoms with E-state index in [4.69, 9.17) is 25.5 Å². The maximum absolute atomic E-state index is 12.3. The van der Waals surface area contributed by atoms with E-state index in [1.807, 2.05) is 25.1 Å². The lowest BCUT2D eigenvalue weighted by molar-refractivity contribution is 0.104. The summed E-state index contributed by atoms with van der Waals surface area (Å²) < 4.78 is 16.7. The number of carbonyl (C=O) groups is 1. The van der Waals surface area contributed by atoms with Crippen molar-refractivity contribution in [2.24, 2.45) is 0 Å². The lowest BCUT2D eigenvalue weighted by Crippen LogP contribution is -1.98. The molecule has 3 aromatic rings. The number of ketones is 1. The maximum Gasteiger partial charge on any atom is 0.189 e. The topological polar surface area (TPSA) is 48.7 Å². The molecule has 3 rings (SSSR count). The number of allylic oxidation sites excluding steroid dienone is 1. The lowest BCUT2D eigenvalue weighted by atomic mass is 10.1. The zero-order valence-electron chi connectivity index (χ0n) is 15.1. The van der Waals surface area contributed by atoms with Crippen molar-refractivity contribution in [3.8, 4) is 11.5 Å². The second kappa shape index (κ2) is 8.60. The number of furan rings is 1. The van der Waals surface area contributed by atoms with Crippen molar-refractivity contribution in [2.75, 3.05) is 7.11 Å². The summed E-state index contributed by atoms with van der Waals surface area (Å²) in [6.45, 7) is 2.18. The van der Waals surface area contributed by atoms with Gasteiger partial charge in [-0.15, -0.1) is 0 Å². The number of ether oxygens (including phenoxy) is 2. The highest BCUT2D eigenvalue weighted by Gasteiger charge is 2.09. The average Bonchev–Trinajstić information content (AvgIpc) is 3.13. The standard InChI is InChI=1S/C22H19ClO4/c1-15-6-5-8-19(23)22(15)26-14-17-11-10-16(27-17)12-13-20(24)18-7-3-4-9-21(18)25-2/h3-13H,14H2,1-2H3/b13-12+. The van der Waals surface area contributed by atoms with Gasteiger partial charge in [0, 0.05) is 0 Å². The molecule has 0 amide bonds. The number of para-hydroxylation sites is 2. The van der Waals surface area contributed by atoms with Crippen LogP contribution in [-0.4, -0.2) is 12.9 Å². The largest absolute Gasteiger partial charge is 0.496 e. The quantitative estimate of drug-likeness (QED) is 0.387. The summed E-state index contributed by atoms with van der Waals surface area (Å²) in [6.07, 6.45) is 3.08.